The van der Waals surface area contributed by atoms with E-state index in [9.17, 15) is 14.4 Å². The number of aryl methyl sites for hydroxylation is 2. The molecule has 3 rings (SSSR count). The summed E-state index contributed by atoms with van der Waals surface area (Å²) >= 11 is 0. The highest BCUT2D eigenvalue weighted by molar-refractivity contribution is 6.07. The standard InChI is InChI=1S/C19H18N4O3/c1-12-11-20-17-15(18(25)23(3)19(26)22(17)2)16(12)21-14(24)10-9-13-7-5-4-6-8-13/h4-11H,1-3H3,(H,20,21,24)/b10-9-. The van der Waals surface area contributed by atoms with Crippen molar-refractivity contribution in [3.8, 4) is 0 Å². The lowest BCUT2D eigenvalue weighted by molar-refractivity contribution is -0.111. The SMILES string of the molecule is Cc1cnc2c(c1NC(=O)/C=C\c1ccccc1)c(=O)n(C)c(=O)n2C. The normalized spacial score (nSPS) is 11.2. The van der Waals surface area contributed by atoms with Crippen LogP contribution in [-0.2, 0) is 18.9 Å². The first-order valence-electron chi connectivity index (χ1n) is 7.99. The fourth-order valence-corrected chi connectivity index (χ4v) is 2.69. The smallest absolute Gasteiger partial charge is 0.321 e. The van der Waals surface area contributed by atoms with Crippen molar-refractivity contribution in [2.24, 2.45) is 14.1 Å². The van der Waals surface area contributed by atoms with Crippen molar-refractivity contribution in [3.63, 3.8) is 0 Å². The second-order valence-corrected chi connectivity index (χ2v) is 5.95. The topological polar surface area (TPSA) is 86.0 Å². The molecule has 1 aromatic carbocycles. The quantitative estimate of drug-likeness (QED) is 0.727. The van der Waals surface area contributed by atoms with Crippen molar-refractivity contribution in [2.45, 2.75) is 6.92 Å². The number of amides is 1. The summed E-state index contributed by atoms with van der Waals surface area (Å²) in [6.07, 6.45) is 4.60. The van der Waals surface area contributed by atoms with Crippen molar-refractivity contribution < 1.29 is 4.79 Å². The van der Waals surface area contributed by atoms with E-state index in [0.29, 0.717) is 11.3 Å². The number of hydrogen-bond acceptors (Lipinski definition) is 4. The van der Waals surface area contributed by atoms with Gasteiger partial charge in [-0.1, -0.05) is 30.3 Å². The number of nitrogens with one attached hydrogen (secondary N) is 1. The van der Waals surface area contributed by atoms with E-state index in [0.717, 1.165) is 10.1 Å². The lowest BCUT2D eigenvalue weighted by atomic mass is 10.1. The van der Waals surface area contributed by atoms with E-state index in [1.54, 1.807) is 13.0 Å². The van der Waals surface area contributed by atoms with Crippen LogP contribution in [0.5, 0.6) is 0 Å². The summed E-state index contributed by atoms with van der Waals surface area (Å²) in [4.78, 5) is 41.2. The Kier molecular flexibility index (Phi) is 4.53. The van der Waals surface area contributed by atoms with Crippen LogP contribution >= 0.6 is 0 Å². The van der Waals surface area contributed by atoms with Crippen LogP contribution in [0.25, 0.3) is 17.1 Å². The van der Waals surface area contributed by atoms with Gasteiger partial charge in [-0.2, -0.15) is 0 Å². The Balaban J connectivity index is 2.06. The predicted octanol–water partition coefficient (Wildman–Crippen LogP) is 1.59. The molecule has 0 saturated carbocycles. The van der Waals surface area contributed by atoms with Crippen LogP contribution in [0.4, 0.5) is 5.69 Å². The van der Waals surface area contributed by atoms with Crippen LogP contribution in [0.15, 0.2) is 52.2 Å². The largest absolute Gasteiger partial charge is 0.332 e. The number of nitrogens with zero attached hydrogens (tertiary/aromatic N) is 3. The molecule has 0 saturated heterocycles. The van der Waals surface area contributed by atoms with Crippen LogP contribution in [0.2, 0.25) is 0 Å². The Labute approximate surface area is 149 Å². The number of rotatable bonds is 3. The molecule has 0 radical (unpaired) electrons. The molecule has 0 atom stereocenters. The molecule has 26 heavy (non-hydrogen) atoms. The molecule has 1 N–H and O–H groups in total. The average molecular weight is 350 g/mol. The molecule has 0 aliphatic heterocycles. The molecular weight excluding hydrogens is 332 g/mol. The number of anilines is 1. The van der Waals surface area contributed by atoms with Crippen LogP contribution in [0.1, 0.15) is 11.1 Å². The lowest BCUT2D eigenvalue weighted by Gasteiger charge is -2.12. The van der Waals surface area contributed by atoms with Crippen molar-refractivity contribution in [2.75, 3.05) is 5.32 Å². The number of carbonyl (C=O) groups is 1. The lowest BCUT2D eigenvalue weighted by Crippen LogP contribution is -2.37. The van der Waals surface area contributed by atoms with E-state index in [1.165, 1.54) is 30.9 Å². The van der Waals surface area contributed by atoms with E-state index in [1.807, 2.05) is 30.3 Å². The number of benzene rings is 1. The molecule has 3 aromatic rings. The molecule has 7 heteroatoms. The van der Waals surface area contributed by atoms with Gasteiger partial charge in [-0.3, -0.25) is 18.7 Å². The van der Waals surface area contributed by atoms with Gasteiger partial charge in [-0.15, -0.1) is 0 Å². The third-order valence-electron chi connectivity index (χ3n) is 4.13. The van der Waals surface area contributed by atoms with Crippen molar-refractivity contribution in [1.29, 1.82) is 0 Å². The zero-order chi connectivity index (χ0) is 18.8. The summed E-state index contributed by atoms with van der Waals surface area (Å²) in [7, 11) is 2.93. The Morgan fingerprint density at radius 1 is 1.12 bits per heavy atom. The van der Waals surface area contributed by atoms with E-state index in [2.05, 4.69) is 10.3 Å². The molecule has 2 aromatic heterocycles. The number of carbonyl (C=O) groups excluding carboxylic acids is 1. The zero-order valence-corrected chi connectivity index (χ0v) is 14.7. The fourth-order valence-electron chi connectivity index (χ4n) is 2.69. The predicted molar refractivity (Wildman–Crippen MR) is 101 cm³/mol. The van der Waals surface area contributed by atoms with Gasteiger partial charge in [0.2, 0.25) is 5.91 Å². The van der Waals surface area contributed by atoms with Crippen molar-refractivity contribution >= 4 is 28.7 Å². The minimum absolute atomic E-state index is 0.205. The number of hydrogen-bond donors (Lipinski definition) is 1. The highest BCUT2D eigenvalue weighted by Gasteiger charge is 2.16. The summed E-state index contributed by atoms with van der Waals surface area (Å²) in [6, 6.07) is 9.40. The second kappa shape index (κ2) is 6.79. The van der Waals surface area contributed by atoms with Crippen LogP contribution in [0.3, 0.4) is 0 Å². The Hall–Kier alpha value is -3.48. The number of fused-ring (bicyclic) bond motifs is 1. The van der Waals surface area contributed by atoms with Gasteiger partial charge >= 0.3 is 5.69 Å². The van der Waals surface area contributed by atoms with Gasteiger partial charge in [0.15, 0.2) is 5.65 Å². The van der Waals surface area contributed by atoms with E-state index >= 15 is 0 Å². The summed E-state index contributed by atoms with van der Waals surface area (Å²) in [5, 5.41) is 2.95. The van der Waals surface area contributed by atoms with Gasteiger partial charge in [0, 0.05) is 26.4 Å². The second-order valence-electron chi connectivity index (χ2n) is 5.95. The van der Waals surface area contributed by atoms with Gasteiger partial charge in [0.1, 0.15) is 5.39 Å². The monoisotopic (exact) mass is 350 g/mol. The third kappa shape index (κ3) is 3.06. The summed E-state index contributed by atoms with van der Waals surface area (Å²) in [6.45, 7) is 1.74. The highest BCUT2D eigenvalue weighted by atomic mass is 16.2. The summed E-state index contributed by atoms with van der Waals surface area (Å²) in [5.74, 6) is -0.375. The minimum Gasteiger partial charge on any atom is -0.321 e. The number of aromatic nitrogens is 3. The maximum absolute atomic E-state index is 12.6. The molecule has 132 valence electrons. The molecule has 0 bridgehead atoms. The van der Waals surface area contributed by atoms with E-state index < -0.39 is 11.2 Å². The van der Waals surface area contributed by atoms with Gasteiger partial charge in [-0.05, 0) is 24.1 Å². The summed E-state index contributed by atoms with van der Waals surface area (Å²) in [5.41, 5.74) is 1.13. The molecular formula is C19H18N4O3. The fraction of sp³-hybridized carbons (Fsp3) is 0.158. The average Bonchev–Trinajstić information content (AvgIpc) is 2.65. The van der Waals surface area contributed by atoms with Gasteiger partial charge in [-0.25, -0.2) is 9.78 Å². The van der Waals surface area contributed by atoms with Gasteiger partial charge in [0.25, 0.3) is 5.56 Å². The minimum atomic E-state index is -0.498. The van der Waals surface area contributed by atoms with Crippen molar-refractivity contribution in [3.05, 3.63) is 74.6 Å². The van der Waals surface area contributed by atoms with E-state index in [-0.39, 0.29) is 16.9 Å². The molecule has 0 aliphatic rings. The zero-order valence-electron chi connectivity index (χ0n) is 14.7. The Morgan fingerprint density at radius 2 is 1.81 bits per heavy atom. The number of pyridine rings is 1. The van der Waals surface area contributed by atoms with Crippen molar-refractivity contribution in [1.82, 2.24) is 14.1 Å². The molecule has 0 spiro atoms. The van der Waals surface area contributed by atoms with Crippen LogP contribution < -0.4 is 16.6 Å². The van der Waals surface area contributed by atoms with Gasteiger partial charge in [0.05, 0.1) is 5.69 Å². The molecule has 0 fully saturated rings. The first-order valence-corrected chi connectivity index (χ1v) is 7.99. The van der Waals surface area contributed by atoms with Gasteiger partial charge < -0.3 is 5.32 Å². The summed E-state index contributed by atoms with van der Waals surface area (Å²) < 4.78 is 2.28. The molecule has 0 aliphatic carbocycles. The first kappa shape index (κ1) is 17.3. The molecule has 2 heterocycles. The Bertz CT molecular complexity index is 1140. The Morgan fingerprint density at radius 3 is 2.50 bits per heavy atom. The highest BCUT2D eigenvalue weighted by Crippen LogP contribution is 2.21. The third-order valence-corrected chi connectivity index (χ3v) is 4.13. The maximum Gasteiger partial charge on any atom is 0.332 e. The van der Waals surface area contributed by atoms with Crippen LogP contribution in [-0.4, -0.2) is 20.0 Å². The van der Waals surface area contributed by atoms with E-state index in [4.69, 9.17) is 0 Å². The molecule has 0 unspecified atom stereocenters. The first-order chi connectivity index (χ1) is 12.4. The van der Waals surface area contributed by atoms with Crippen LogP contribution in [0, 0.1) is 6.92 Å². The maximum atomic E-state index is 12.6. The molecule has 1 amide bonds. The molecule has 7 nitrogen and oxygen atoms in total.